The molecule has 154 valence electrons. The molecule has 2 fully saturated rings. The summed E-state index contributed by atoms with van der Waals surface area (Å²) in [4.78, 5) is 29.5. The van der Waals surface area contributed by atoms with Crippen LogP contribution in [-0.4, -0.2) is 62.1 Å². The SMILES string of the molecule is CCN(CC(=O)N1CCOCC1CNC(=O)C1CCC1(C)C)c1ccccc1. The fourth-order valence-corrected chi connectivity index (χ4v) is 4.12. The highest BCUT2D eigenvalue weighted by atomic mass is 16.5. The molecule has 1 aromatic rings. The minimum Gasteiger partial charge on any atom is -0.377 e. The van der Waals surface area contributed by atoms with E-state index < -0.39 is 0 Å². The van der Waals surface area contributed by atoms with Crippen LogP contribution in [0, 0.1) is 11.3 Å². The van der Waals surface area contributed by atoms with Crippen molar-refractivity contribution in [3.8, 4) is 0 Å². The Morgan fingerprint density at radius 3 is 2.64 bits per heavy atom. The Balaban J connectivity index is 1.57. The van der Waals surface area contributed by atoms with Crippen molar-refractivity contribution in [1.29, 1.82) is 0 Å². The second kappa shape index (κ2) is 8.95. The topological polar surface area (TPSA) is 61.9 Å². The van der Waals surface area contributed by atoms with Crippen LogP contribution in [0.2, 0.25) is 0 Å². The molecule has 1 N–H and O–H groups in total. The number of amides is 2. The van der Waals surface area contributed by atoms with Crippen molar-refractivity contribution in [3.05, 3.63) is 30.3 Å². The number of benzene rings is 1. The molecule has 2 atom stereocenters. The monoisotopic (exact) mass is 387 g/mol. The van der Waals surface area contributed by atoms with Crippen LogP contribution < -0.4 is 10.2 Å². The molecular weight excluding hydrogens is 354 g/mol. The van der Waals surface area contributed by atoms with E-state index in [1.807, 2.05) is 35.2 Å². The Labute approximate surface area is 168 Å². The van der Waals surface area contributed by atoms with E-state index in [9.17, 15) is 9.59 Å². The van der Waals surface area contributed by atoms with Gasteiger partial charge in [-0.25, -0.2) is 0 Å². The van der Waals surface area contributed by atoms with Crippen LogP contribution in [0.5, 0.6) is 0 Å². The summed E-state index contributed by atoms with van der Waals surface area (Å²) in [6, 6.07) is 9.88. The van der Waals surface area contributed by atoms with Crippen LogP contribution in [0.4, 0.5) is 5.69 Å². The van der Waals surface area contributed by atoms with Gasteiger partial charge in [-0.15, -0.1) is 0 Å². The molecule has 2 amide bonds. The van der Waals surface area contributed by atoms with Crippen LogP contribution in [0.25, 0.3) is 0 Å². The molecule has 1 saturated carbocycles. The summed E-state index contributed by atoms with van der Waals surface area (Å²) in [6.45, 7) is 9.47. The number of nitrogens with zero attached hydrogens (tertiary/aromatic N) is 2. The number of morpholine rings is 1. The van der Waals surface area contributed by atoms with E-state index in [4.69, 9.17) is 4.74 Å². The molecule has 2 unspecified atom stereocenters. The quantitative estimate of drug-likeness (QED) is 0.780. The maximum absolute atomic E-state index is 13.0. The lowest BCUT2D eigenvalue weighted by Crippen LogP contribution is -2.57. The third-order valence-electron chi connectivity index (χ3n) is 6.23. The average molecular weight is 388 g/mol. The molecule has 1 aromatic carbocycles. The van der Waals surface area contributed by atoms with Crippen molar-refractivity contribution in [3.63, 3.8) is 0 Å². The number of carbonyl (C=O) groups is 2. The zero-order chi connectivity index (χ0) is 20.1. The molecule has 1 heterocycles. The molecule has 0 aromatic heterocycles. The van der Waals surface area contributed by atoms with E-state index in [-0.39, 0.29) is 29.2 Å². The first-order valence-corrected chi connectivity index (χ1v) is 10.4. The Morgan fingerprint density at radius 1 is 1.29 bits per heavy atom. The lowest BCUT2D eigenvalue weighted by atomic mass is 9.62. The standard InChI is InChI=1S/C22H33N3O3/c1-4-24(17-8-6-5-7-9-17)15-20(26)25-12-13-28-16-18(25)14-23-21(27)19-10-11-22(19,2)3/h5-9,18-19H,4,10-16H2,1-3H3,(H,23,27). The zero-order valence-corrected chi connectivity index (χ0v) is 17.3. The number of likely N-dealkylation sites (N-methyl/N-ethyl adjacent to an activating group) is 1. The average Bonchev–Trinajstić information content (AvgIpc) is 2.70. The minimum absolute atomic E-state index is 0.0785. The number of ether oxygens (including phenoxy) is 1. The lowest BCUT2D eigenvalue weighted by Gasteiger charge is -2.43. The number of para-hydroxylation sites is 1. The van der Waals surface area contributed by atoms with Crippen molar-refractivity contribution in [2.24, 2.45) is 11.3 Å². The molecule has 6 nitrogen and oxygen atoms in total. The molecule has 0 radical (unpaired) electrons. The Morgan fingerprint density at radius 2 is 2.04 bits per heavy atom. The highest BCUT2D eigenvalue weighted by Crippen LogP contribution is 2.45. The largest absolute Gasteiger partial charge is 0.377 e. The fourth-order valence-electron chi connectivity index (χ4n) is 4.12. The summed E-state index contributed by atoms with van der Waals surface area (Å²) in [6.07, 6.45) is 2.04. The lowest BCUT2D eigenvalue weighted by molar-refractivity contribution is -0.141. The van der Waals surface area contributed by atoms with Gasteiger partial charge in [0.15, 0.2) is 0 Å². The Hall–Kier alpha value is -2.08. The first-order valence-electron chi connectivity index (χ1n) is 10.4. The van der Waals surface area contributed by atoms with E-state index in [0.29, 0.717) is 32.8 Å². The van der Waals surface area contributed by atoms with Gasteiger partial charge in [0.05, 0.1) is 25.8 Å². The summed E-state index contributed by atoms with van der Waals surface area (Å²) in [5.41, 5.74) is 1.13. The van der Waals surface area contributed by atoms with Crippen LogP contribution in [0.3, 0.4) is 0 Å². The number of nitrogens with one attached hydrogen (secondary N) is 1. The van der Waals surface area contributed by atoms with Gasteiger partial charge in [0, 0.05) is 31.2 Å². The third kappa shape index (κ3) is 4.66. The van der Waals surface area contributed by atoms with Crippen molar-refractivity contribution in [2.45, 2.75) is 39.7 Å². The predicted octanol–water partition coefficient (Wildman–Crippen LogP) is 2.29. The minimum atomic E-state index is -0.108. The summed E-state index contributed by atoms with van der Waals surface area (Å²) >= 11 is 0. The molecule has 0 spiro atoms. The summed E-state index contributed by atoms with van der Waals surface area (Å²) in [5.74, 6) is 0.265. The number of hydrogen-bond donors (Lipinski definition) is 1. The zero-order valence-electron chi connectivity index (χ0n) is 17.3. The molecule has 2 aliphatic rings. The Bertz CT molecular complexity index is 677. The van der Waals surface area contributed by atoms with Crippen LogP contribution in [-0.2, 0) is 14.3 Å². The van der Waals surface area contributed by atoms with Crippen molar-refractivity contribution in [2.75, 3.05) is 44.3 Å². The number of rotatable bonds is 7. The molecule has 1 aliphatic carbocycles. The van der Waals surface area contributed by atoms with E-state index in [1.165, 1.54) is 0 Å². The molecule has 3 rings (SSSR count). The third-order valence-corrected chi connectivity index (χ3v) is 6.23. The number of anilines is 1. The van der Waals surface area contributed by atoms with Crippen LogP contribution >= 0.6 is 0 Å². The summed E-state index contributed by atoms with van der Waals surface area (Å²) in [5, 5.41) is 3.07. The van der Waals surface area contributed by atoms with Crippen LogP contribution in [0.1, 0.15) is 33.6 Å². The maximum Gasteiger partial charge on any atom is 0.242 e. The smallest absolute Gasteiger partial charge is 0.242 e. The second-order valence-corrected chi connectivity index (χ2v) is 8.49. The van der Waals surface area contributed by atoms with Gasteiger partial charge in [-0.1, -0.05) is 32.0 Å². The van der Waals surface area contributed by atoms with Gasteiger partial charge in [-0.2, -0.15) is 0 Å². The molecule has 1 saturated heterocycles. The van der Waals surface area contributed by atoms with E-state index in [2.05, 4.69) is 31.0 Å². The number of carbonyl (C=O) groups excluding carboxylic acids is 2. The summed E-state index contributed by atoms with van der Waals surface area (Å²) in [7, 11) is 0. The first-order chi connectivity index (χ1) is 13.4. The predicted molar refractivity (Wildman–Crippen MR) is 110 cm³/mol. The van der Waals surface area contributed by atoms with Gasteiger partial charge < -0.3 is 19.9 Å². The molecule has 1 aliphatic heterocycles. The molecule has 0 bridgehead atoms. The van der Waals surface area contributed by atoms with Crippen molar-refractivity contribution in [1.82, 2.24) is 10.2 Å². The highest BCUT2D eigenvalue weighted by Gasteiger charge is 2.43. The van der Waals surface area contributed by atoms with Crippen molar-refractivity contribution < 1.29 is 14.3 Å². The van der Waals surface area contributed by atoms with Gasteiger partial charge in [0.1, 0.15) is 0 Å². The second-order valence-electron chi connectivity index (χ2n) is 8.49. The van der Waals surface area contributed by atoms with Crippen LogP contribution in [0.15, 0.2) is 30.3 Å². The molecule has 6 heteroatoms. The molecular formula is C22H33N3O3. The van der Waals surface area contributed by atoms with Gasteiger partial charge in [0.2, 0.25) is 11.8 Å². The first kappa shape index (κ1) is 20.6. The maximum atomic E-state index is 13.0. The van der Waals surface area contributed by atoms with E-state index >= 15 is 0 Å². The number of hydrogen-bond acceptors (Lipinski definition) is 4. The van der Waals surface area contributed by atoms with Gasteiger partial charge in [-0.3, -0.25) is 9.59 Å². The highest BCUT2D eigenvalue weighted by molar-refractivity contribution is 5.82. The summed E-state index contributed by atoms with van der Waals surface area (Å²) < 4.78 is 5.59. The van der Waals surface area contributed by atoms with Gasteiger partial charge in [-0.05, 0) is 37.3 Å². The van der Waals surface area contributed by atoms with Gasteiger partial charge >= 0.3 is 0 Å². The normalized spacial score (nSPS) is 23.6. The fraction of sp³-hybridized carbons (Fsp3) is 0.636. The van der Waals surface area contributed by atoms with Crippen molar-refractivity contribution >= 4 is 17.5 Å². The Kier molecular flexibility index (Phi) is 6.60. The van der Waals surface area contributed by atoms with E-state index in [0.717, 1.165) is 25.1 Å². The van der Waals surface area contributed by atoms with Gasteiger partial charge in [0.25, 0.3) is 0 Å². The van der Waals surface area contributed by atoms with E-state index in [1.54, 1.807) is 0 Å². The molecule has 28 heavy (non-hydrogen) atoms.